The predicted octanol–water partition coefficient (Wildman–Crippen LogP) is 2.07. The van der Waals surface area contributed by atoms with Crippen molar-refractivity contribution in [1.29, 1.82) is 0 Å². The Labute approximate surface area is 111 Å². The molecule has 0 saturated heterocycles. The number of aryl methyl sites for hydroxylation is 1. The number of carboxylic acid groups (broad SMARTS) is 1. The van der Waals surface area contributed by atoms with Crippen molar-refractivity contribution in [3.8, 4) is 0 Å². The predicted molar refractivity (Wildman–Crippen MR) is 71.8 cm³/mol. The SMILES string of the molecule is Cc1ccc(SCCC(=O)NCCC(=O)O)cc1. The number of aliphatic carboxylic acids is 1. The minimum Gasteiger partial charge on any atom is -0.481 e. The molecule has 18 heavy (non-hydrogen) atoms. The molecule has 2 N–H and O–H groups in total. The van der Waals surface area contributed by atoms with E-state index >= 15 is 0 Å². The Hall–Kier alpha value is -1.49. The molecule has 0 bridgehead atoms. The van der Waals surface area contributed by atoms with E-state index in [2.05, 4.69) is 5.32 Å². The Morgan fingerprint density at radius 3 is 2.50 bits per heavy atom. The van der Waals surface area contributed by atoms with Gasteiger partial charge >= 0.3 is 5.97 Å². The number of thioether (sulfide) groups is 1. The van der Waals surface area contributed by atoms with Gasteiger partial charge in [-0.25, -0.2) is 0 Å². The Balaban J connectivity index is 2.15. The van der Waals surface area contributed by atoms with Crippen LogP contribution in [0.4, 0.5) is 0 Å². The van der Waals surface area contributed by atoms with Gasteiger partial charge in [-0.3, -0.25) is 9.59 Å². The Morgan fingerprint density at radius 2 is 1.89 bits per heavy atom. The van der Waals surface area contributed by atoms with Crippen LogP contribution < -0.4 is 5.32 Å². The van der Waals surface area contributed by atoms with E-state index in [-0.39, 0.29) is 18.9 Å². The Kier molecular flexibility index (Phi) is 6.28. The van der Waals surface area contributed by atoms with Gasteiger partial charge in [0.25, 0.3) is 0 Å². The lowest BCUT2D eigenvalue weighted by atomic mass is 10.2. The standard InChI is InChI=1S/C13H17NO3S/c1-10-2-4-11(5-3-10)18-9-7-12(15)14-8-6-13(16)17/h2-5H,6-9H2,1H3,(H,14,15)(H,16,17). The molecule has 0 aromatic heterocycles. The highest BCUT2D eigenvalue weighted by molar-refractivity contribution is 7.99. The maximum absolute atomic E-state index is 11.4. The van der Waals surface area contributed by atoms with Gasteiger partial charge < -0.3 is 10.4 Å². The van der Waals surface area contributed by atoms with Gasteiger partial charge in [-0.2, -0.15) is 0 Å². The fourth-order valence-electron chi connectivity index (χ4n) is 1.29. The summed E-state index contributed by atoms with van der Waals surface area (Å²) in [6, 6.07) is 8.13. The van der Waals surface area contributed by atoms with Gasteiger partial charge in [0.05, 0.1) is 6.42 Å². The van der Waals surface area contributed by atoms with E-state index in [9.17, 15) is 9.59 Å². The fraction of sp³-hybridized carbons (Fsp3) is 0.385. The van der Waals surface area contributed by atoms with E-state index < -0.39 is 5.97 Å². The van der Waals surface area contributed by atoms with Gasteiger partial charge in [0.2, 0.25) is 5.91 Å². The summed E-state index contributed by atoms with van der Waals surface area (Å²) in [6.45, 7) is 2.23. The minimum absolute atomic E-state index is 0.0309. The second-order valence-corrected chi connectivity index (χ2v) is 5.07. The van der Waals surface area contributed by atoms with Crippen LogP contribution in [0.25, 0.3) is 0 Å². The van der Waals surface area contributed by atoms with Gasteiger partial charge in [-0.15, -0.1) is 11.8 Å². The molecule has 0 heterocycles. The highest BCUT2D eigenvalue weighted by Crippen LogP contribution is 2.18. The zero-order valence-corrected chi connectivity index (χ0v) is 11.1. The van der Waals surface area contributed by atoms with Crippen LogP contribution in [0.1, 0.15) is 18.4 Å². The number of benzene rings is 1. The number of hydrogen-bond donors (Lipinski definition) is 2. The minimum atomic E-state index is -0.899. The number of carbonyl (C=O) groups excluding carboxylic acids is 1. The molecule has 4 nitrogen and oxygen atoms in total. The lowest BCUT2D eigenvalue weighted by Crippen LogP contribution is -2.26. The van der Waals surface area contributed by atoms with Crippen molar-refractivity contribution in [3.05, 3.63) is 29.8 Å². The number of nitrogens with one attached hydrogen (secondary N) is 1. The molecule has 1 aromatic rings. The van der Waals surface area contributed by atoms with Crippen molar-refractivity contribution >= 4 is 23.6 Å². The molecule has 0 aliphatic rings. The van der Waals surface area contributed by atoms with E-state index in [1.165, 1.54) is 5.56 Å². The summed E-state index contributed by atoms with van der Waals surface area (Å²) < 4.78 is 0. The highest BCUT2D eigenvalue weighted by Gasteiger charge is 2.03. The fourth-order valence-corrected chi connectivity index (χ4v) is 2.15. The zero-order chi connectivity index (χ0) is 13.4. The summed E-state index contributed by atoms with van der Waals surface area (Å²) in [7, 11) is 0. The first-order chi connectivity index (χ1) is 8.58. The third-order valence-electron chi connectivity index (χ3n) is 2.28. The maximum atomic E-state index is 11.4. The third kappa shape index (κ3) is 6.30. The van der Waals surface area contributed by atoms with Gasteiger partial charge in [0, 0.05) is 23.6 Å². The van der Waals surface area contributed by atoms with Crippen LogP contribution in [0, 0.1) is 6.92 Å². The topological polar surface area (TPSA) is 66.4 Å². The summed E-state index contributed by atoms with van der Waals surface area (Å²) in [5, 5.41) is 11.0. The molecule has 1 aromatic carbocycles. The van der Waals surface area contributed by atoms with E-state index in [0.29, 0.717) is 12.2 Å². The summed E-state index contributed by atoms with van der Waals surface area (Å²) >= 11 is 1.62. The zero-order valence-electron chi connectivity index (χ0n) is 10.3. The molecular formula is C13H17NO3S. The molecule has 0 aliphatic heterocycles. The van der Waals surface area contributed by atoms with E-state index in [1.54, 1.807) is 11.8 Å². The number of hydrogen-bond acceptors (Lipinski definition) is 3. The van der Waals surface area contributed by atoms with Crippen molar-refractivity contribution in [1.82, 2.24) is 5.32 Å². The van der Waals surface area contributed by atoms with Crippen molar-refractivity contribution in [3.63, 3.8) is 0 Å². The number of rotatable bonds is 7. The van der Waals surface area contributed by atoms with Crippen LogP contribution in [-0.2, 0) is 9.59 Å². The molecule has 0 aliphatic carbocycles. The average Bonchev–Trinajstić information content (AvgIpc) is 2.31. The molecule has 1 amide bonds. The molecular weight excluding hydrogens is 250 g/mol. The van der Waals surface area contributed by atoms with Crippen LogP contribution in [0.5, 0.6) is 0 Å². The molecule has 0 saturated carbocycles. The molecule has 0 spiro atoms. The Bertz CT molecular complexity index is 403. The number of amides is 1. The van der Waals surface area contributed by atoms with Crippen LogP contribution in [-0.4, -0.2) is 29.3 Å². The Morgan fingerprint density at radius 1 is 1.22 bits per heavy atom. The summed E-state index contributed by atoms with van der Waals surface area (Å²) in [6.07, 6.45) is 0.370. The highest BCUT2D eigenvalue weighted by atomic mass is 32.2. The number of carboxylic acids is 1. The molecule has 5 heteroatoms. The molecule has 0 radical (unpaired) electrons. The van der Waals surface area contributed by atoms with Crippen molar-refractivity contribution in [2.75, 3.05) is 12.3 Å². The van der Waals surface area contributed by atoms with Gasteiger partial charge in [-0.1, -0.05) is 17.7 Å². The summed E-state index contributed by atoms with van der Waals surface area (Å²) in [4.78, 5) is 22.7. The van der Waals surface area contributed by atoms with Crippen LogP contribution >= 0.6 is 11.8 Å². The molecule has 98 valence electrons. The first kappa shape index (κ1) is 14.6. The van der Waals surface area contributed by atoms with Crippen LogP contribution in [0.3, 0.4) is 0 Å². The first-order valence-corrected chi connectivity index (χ1v) is 6.74. The van der Waals surface area contributed by atoms with Gasteiger partial charge in [0.15, 0.2) is 0 Å². The summed E-state index contributed by atoms with van der Waals surface area (Å²) in [5.74, 6) is -0.303. The van der Waals surface area contributed by atoms with E-state index in [4.69, 9.17) is 5.11 Å². The second kappa shape index (κ2) is 7.76. The van der Waals surface area contributed by atoms with Crippen LogP contribution in [0.15, 0.2) is 29.2 Å². The van der Waals surface area contributed by atoms with E-state index in [0.717, 1.165) is 4.90 Å². The number of carbonyl (C=O) groups is 2. The molecule has 0 fully saturated rings. The van der Waals surface area contributed by atoms with Gasteiger partial charge in [0.1, 0.15) is 0 Å². The molecule has 0 unspecified atom stereocenters. The third-order valence-corrected chi connectivity index (χ3v) is 3.29. The van der Waals surface area contributed by atoms with Crippen molar-refractivity contribution in [2.24, 2.45) is 0 Å². The van der Waals surface area contributed by atoms with Gasteiger partial charge in [-0.05, 0) is 19.1 Å². The quantitative estimate of drug-likeness (QED) is 0.742. The lowest BCUT2D eigenvalue weighted by Gasteiger charge is -2.04. The normalized spacial score (nSPS) is 10.1. The van der Waals surface area contributed by atoms with Crippen molar-refractivity contribution < 1.29 is 14.7 Å². The smallest absolute Gasteiger partial charge is 0.305 e. The average molecular weight is 267 g/mol. The maximum Gasteiger partial charge on any atom is 0.305 e. The monoisotopic (exact) mass is 267 g/mol. The van der Waals surface area contributed by atoms with Crippen LogP contribution in [0.2, 0.25) is 0 Å². The van der Waals surface area contributed by atoms with Crippen molar-refractivity contribution in [2.45, 2.75) is 24.7 Å². The largest absolute Gasteiger partial charge is 0.481 e. The van der Waals surface area contributed by atoms with E-state index in [1.807, 2.05) is 31.2 Å². The molecule has 1 rings (SSSR count). The summed E-state index contributed by atoms with van der Waals surface area (Å²) in [5.41, 5.74) is 1.21. The first-order valence-electron chi connectivity index (χ1n) is 5.76. The molecule has 0 atom stereocenters. The lowest BCUT2D eigenvalue weighted by molar-refractivity contribution is -0.136. The second-order valence-electron chi connectivity index (χ2n) is 3.91.